The van der Waals surface area contributed by atoms with E-state index in [0.29, 0.717) is 0 Å². The van der Waals surface area contributed by atoms with Crippen molar-refractivity contribution in [3.63, 3.8) is 0 Å². The Morgan fingerprint density at radius 1 is 1.05 bits per heavy atom. The van der Waals surface area contributed by atoms with Crippen LogP contribution in [0.4, 0.5) is 0 Å². The first-order valence-electron chi connectivity index (χ1n) is 7.19. The molecule has 0 aliphatic rings. The molecule has 0 unspecified atom stereocenters. The first kappa shape index (κ1) is 14.2. The van der Waals surface area contributed by atoms with E-state index in [2.05, 4.69) is 64.3 Å². The number of hydrogen-bond acceptors (Lipinski definition) is 3. The third kappa shape index (κ3) is 2.58. The molecule has 3 heteroatoms. The molecule has 0 fully saturated rings. The van der Waals surface area contributed by atoms with E-state index in [1.165, 1.54) is 15.8 Å². The first-order valence-corrected chi connectivity index (χ1v) is 8.07. The number of aryl methyl sites for hydroxylation is 2. The van der Waals surface area contributed by atoms with Gasteiger partial charge in [0.2, 0.25) is 0 Å². The molecule has 0 bridgehead atoms. The van der Waals surface area contributed by atoms with Crippen LogP contribution < -0.4 is 0 Å². The molecule has 0 atom stereocenters. The van der Waals surface area contributed by atoms with E-state index in [1.54, 1.807) is 11.3 Å². The van der Waals surface area contributed by atoms with Gasteiger partial charge in [0, 0.05) is 11.0 Å². The minimum atomic E-state index is 0.0110. The summed E-state index contributed by atoms with van der Waals surface area (Å²) in [5.41, 5.74) is 5.80. The van der Waals surface area contributed by atoms with Crippen LogP contribution in [-0.4, -0.2) is 9.97 Å². The lowest BCUT2D eigenvalue weighted by Crippen LogP contribution is -2.14. The number of rotatable bonds is 1. The molecule has 108 valence electrons. The zero-order valence-electron chi connectivity index (χ0n) is 13.2. The Bertz CT molecular complexity index is 810. The second-order valence-electron chi connectivity index (χ2n) is 6.61. The van der Waals surface area contributed by atoms with Gasteiger partial charge in [-0.05, 0) is 30.9 Å². The van der Waals surface area contributed by atoms with Crippen molar-refractivity contribution in [3.8, 4) is 11.4 Å². The molecule has 0 spiro atoms. The second-order valence-corrected chi connectivity index (χ2v) is 7.49. The Kier molecular flexibility index (Phi) is 3.33. The molecule has 0 saturated carbocycles. The van der Waals surface area contributed by atoms with E-state index in [9.17, 15) is 0 Å². The standard InChI is InChI=1S/C18H20N2S/c1-11-7-6-8-13(9-11)17-19-14-12(2)10-21-15(14)16(20-17)18(3,4)5/h6-10H,1-5H3. The lowest BCUT2D eigenvalue weighted by molar-refractivity contribution is 0.576. The topological polar surface area (TPSA) is 25.8 Å². The number of fused-ring (bicyclic) bond motifs is 1. The van der Waals surface area contributed by atoms with Crippen LogP contribution in [0, 0.1) is 13.8 Å². The van der Waals surface area contributed by atoms with E-state index in [-0.39, 0.29) is 5.41 Å². The van der Waals surface area contributed by atoms with Gasteiger partial charge in [0.25, 0.3) is 0 Å². The van der Waals surface area contributed by atoms with Crippen LogP contribution in [0.5, 0.6) is 0 Å². The smallest absolute Gasteiger partial charge is 0.160 e. The summed E-state index contributed by atoms with van der Waals surface area (Å²) in [5, 5.41) is 2.18. The highest BCUT2D eigenvalue weighted by molar-refractivity contribution is 7.17. The van der Waals surface area contributed by atoms with Crippen molar-refractivity contribution >= 4 is 21.6 Å². The predicted octanol–water partition coefficient (Wildman–Crippen LogP) is 5.27. The van der Waals surface area contributed by atoms with E-state index >= 15 is 0 Å². The van der Waals surface area contributed by atoms with Crippen LogP contribution >= 0.6 is 11.3 Å². The van der Waals surface area contributed by atoms with Crippen molar-refractivity contribution in [2.45, 2.75) is 40.0 Å². The Hall–Kier alpha value is -1.74. The Morgan fingerprint density at radius 2 is 1.81 bits per heavy atom. The van der Waals surface area contributed by atoms with Gasteiger partial charge < -0.3 is 0 Å². The highest BCUT2D eigenvalue weighted by Crippen LogP contribution is 2.35. The molecule has 0 aliphatic carbocycles. The molecule has 3 aromatic rings. The van der Waals surface area contributed by atoms with Crippen LogP contribution in [0.3, 0.4) is 0 Å². The van der Waals surface area contributed by atoms with Crippen LogP contribution in [0.2, 0.25) is 0 Å². The number of benzene rings is 1. The largest absolute Gasteiger partial charge is 0.231 e. The Balaban J connectivity index is 2.32. The van der Waals surface area contributed by atoms with Gasteiger partial charge in [-0.1, -0.05) is 44.5 Å². The van der Waals surface area contributed by atoms with Gasteiger partial charge in [-0.2, -0.15) is 0 Å². The van der Waals surface area contributed by atoms with Crippen molar-refractivity contribution in [1.82, 2.24) is 9.97 Å². The molecule has 2 nitrogen and oxygen atoms in total. The molecular formula is C18H20N2S. The predicted molar refractivity (Wildman–Crippen MR) is 91.0 cm³/mol. The fourth-order valence-electron chi connectivity index (χ4n) is 2.45. The highest BCUT2D eigenvalue weighted by Gasteiger charge is 2.22. The number of aromatic nitrogens is 2. The summed E-state index contributed by atoms with van der Waals surface area (Å²) in [5.74, 6) is 0.831. The molecule has 2 heterocycles. The molecule has 0 amide bonds. The molecule has 0 N–H and O–H groups in total. The molecule has 2 aromatic heterocycles. The summed E-state index contributed by atoms with van der Waals surface area (Å²) in [4.78, 5) is 9.72. The molecule has 0 saturated heterocycles. The summed E-state index contributed by atoms with van der Waals surface area (Å²) >= 11 is 1.75. The normalized spacial score (nSPS) is 12.0. The quantitative estimate of drug-likeness (QED) is 0.611. The molecule has 0 radical (unpaired) electrons. The maximum Gasteiger partial charge on any atom is 0.160 e. The highest BCUT2D eigenvalue weighted by atomic mass is 32.1. The maximum absolute atomic E-state index is 4.90. The summed E-state index contributed by atoms with van der Waals surface area (Å²) in [6, 6.07) is 8.40. The van der Waals surface area contributed by atoms with Crippen molar-refractivity contribution in [2.75, 3.05) is 0 Å². The molecule has 1 aromatic carbocycles. The summed E-state index contributed by atoms with van der Waals surface area (Å²) in [6.07, 6.45) is 0. The van der Waals surface area contributed by atoms with Crippen molar-refractivity contribution < 1.29 is 0 Å². The zero-order chi connectivity index (χ0) is 15.2. The van der Waals surface area contributed by atoms with Crippen molar-refractivity contribution in [2.24, 2.45) is 0 Å². The number of thiophene rings is 1. The average Bonchev–Trinajstić information content (AvgIpc) is 2.78. The maximum atomic E-state index is 4.90. The van der Waals surface area contributed by atoms with E-state index in [1.807, 2.05) is 0 Å². The van der Waals surface area contributed by atoms with Gasteiger partial charge in [0.1, 0.15) is 0 Å². The van der Waals surface area contributed by atoms with E-state index in [0.717, 1.165) is 22.6 Å². The van der Waals surface area contributed by atoms with E-state index < -0.39 is 0 Å². The Morgan fingerprint density at radius 3 is 2.48 bits per heavy atom. The lowest BCUT2D eigenvalue weighted by Gasteiger charge is -2.19. The van der Waals surface area contributed by atoms with Crippen LogP contribution in [0.25, 0.3) is 21.6 Å². The van der Waals surface area contributed by atoms with Gasteiger partial charge in [-0.15, -0.1) is 11.3 Å². The molecule has 0 aliphatic heterocycles. The van der Waals surface area contributed by atoms with Gasteiger partial charge in [0.05, 0.1) is 15.9 Å². The third-order valence-electron chi connectivity index (χ3n) is 3.58. The van der Waals surface area contributed by atoms with Crippen molar-refractivity contribution in [1.29, 1.82) is 0 Å². The minimum absolute atomic E-state index is 0.0110. The van der Waals surface area contributed by atoms with Crippen LogP contribution in [-0.2, 0) is 5.41 Å². The Labute approximate surface area is 129 Å². The van der Waals surface area contributed by atoms with Gasteiger partial charge in [0.15, 0.2) is 5.82 Å². The lowest BCUT2D eigenvalue weighted by atomic mass is 9.91. The monoisotopic (exact) mass is 296 g/mol. The molecular weight excluding hydrogens is 276 g/mol. The second kappa shape index (κ2) is 4.92. The van der Waals surface area contributed by atoms with E-state index in [4.69, 9.17) is 9.97 Å². The SMILES string of the molecule is Cc1cccc(-c2nc(C(C)(C)C)c3scc(C)c3n2)c1. The first-order chi connectivity index (χ1) is 9.86. The summed E-state index contributed by atoms with van der Waals surface area (Å²) < 4.78 is 1.22. The van der Waals surface area contributed by atoms with Gasteiger partial charge >= 0.3 is 0 Å². The molecule has 3 rings (SSSR count). The molecule has 21 heavy (non-hydrogen) atoms. The number of hydrogen-bond donors (Lipinski definition) is 0. The number of nitrogens with zero attached hydrogens (tertiary/aromatic N) is 2. The summed E-state index contributed by atoms with van der Waals surface area (Å²) in [7, 11) is 0. The third-order valence-corrected chi connectivity index (χ3v) is 4.67. The average molecular weight is 296 g/mol. The van der Waals surface area contributed by atoms with Crippen LogP contribution in [0.15, 0.2) is 29.6 Å². The minimum Gasteiger partial charge on any atom is -0.231 e. The zero-order valence-corrected chi connectivity index (χ0v) is 14.0. The van der Waals surface area contributed by atoms with Gasteiger partial charge in [-0.25, -0.2) is 9.97 Å². The van der Waals surface area contributed by atoms with Crippen molar-refractivity contribution in [3.05, 3.63) is 46.5 Å². The summed E-state index contributed by atoms with van der Waals surface area (Å²) in [6.45, 7) is 10.9. The van der Waals surface area contributed by atoms with Gasteiger partial charge in [-0.3, -0.25) is 0 Å². The fraction of sp³-hybridized carbons (Fsp3) is 0.333. The van der Waals surface area contributed by atoms with Crippen LogP contribution in [0.1, 0.15) is 37.6 Å². The fourth-order valence-corrected chi connectivity index (χ4v) is 3.64.